The highest BCUT2D eigenvalue weighted by Crippen LogP contribution is 2.06. The highest BCUT2D eigenvalue weighted by atomic mass is 16.4. The fraction of sp³-hybridized carbons (Fsp3) is 0.333. The fourth-order valence-electron chi connectivity index (χ4n) is 0.516. The quantitative estimate of drug-likeness (QED) is 0.575. The molecular weight excluding hydrogens is 132 g/mol. The van der Waals surface area contributed by atoms with Crippen LogP contribution in [0.4, 0.5) is 6.01 Å². The molecule has 1 rings (SSSR count). The maximum absolute atomic E-state index is 10.7. The second-order valence-electron chi connectivity index (χ2n) is 1.89. The molecule has 0 N–H and O–H groups in total. The van der Waals surface area contributed by atoms with Crippen LogP contribution >= 0.6 is 0 Å². The van der Waals surface area contributed by atoms with Gasteiger partial charge in [0.15, 0.2) is 0 Å². The molecule has 0 saturated carbocycles. The Morgan fingerprint density at radius 3 is 2.90 bits per heavy atom. The Kier molecular flexibility index (Phi) is 1.71. The molecule has 1 aromatic rings. The molecule has 1 amide bonds. The topological polar surface area (TPSA) is 46.3 Å². The molecule has 0 fully saturated rings. The van der Waals surface area contributed by atoms with E-state index in [1.54, 1.807) is 7.05 Å². The number of oxazole rings is 1. The number of hydrogen-bond donors (Lipinski definition) is 0. The first kappa shape index (κ1) is 6.80. The maximum atomic E-state index is 10.7. The lowest BCUT2D eigenvalue weighted by Crippen LogP contribution is -2.22. The van der Waals surface area contributed by atoms with Crippen molar-refractivity contribution in [2.45, 2.75) is 6.92 Å². The van der Waals surface area contributed by atoms with Gasteiger partial charge in [-0.3, -0.25) is 9.69 Å². The van der Waals surface area contributed by atoms with Crippen LogP contribution in [0.1, 0.15) is 6.92 Å². The summed E-state index contributed by atoms with van der Waals surface area (Å²) in [6, 6.07) is 0.326. The molecule has 10 heavy (non-hydrogen) atoms. The van der Waals surface area contributed by atoms with Crippen LogP contribution < -0.4 is 4.90 Å². The number of nitrogens with zero attached hydrogens (tertiary/aromatic N) is 2. The maximum Gasteiger partial charge on any atom is 0.303 e. The minimum atomic E-state index is -0.0950. The number of hydrogen-bond acceptors (Lipinski definition) is 3. The molecular formula is C6H8N2O2. The predicted molar refractivity (Wildman–Crippen MR) is 35.6 cm³/mol. The van der Waals surface area contributed by atoms with Gasteiger partial charge in [0.2, 0.25) is 5.91 Å². The van der Waals surface area contributed by atoms with E-state index in [1.807, 2.05) is 0 Å². The minimum Gasteiger partial charge on any atom is -0.432 e. The number of carbonyl (C=O) groups is 1. The van der Waals surface area contributed by atoms with Crippen molar-refractivity contribution >= 4 is 11.9 Å². The third kappa shape index (κ3) is 1.15. The van der Waals surface area contributed by atoms with Crippen molar-refractivity contribution in [2.75, 3.05) is 11.9 Å². The van der Waals surface area contributed by atoms with Crippen molar-refractivity contribution in [1.82, 2.24) is 4.98 Å². The number of anilines is 1. The van der Waals surface area contributed by atoms with Crippen molar-refractivity contribution in [1.29, 1.82) is 0 Å². The third-order valence-electron chi connectivity index (χ3n) is 1.18. The Bertz CT molecular complexity index is 218. The van der Waals surface area contributed by atoms with Gasteiger partial charge in [0.05, 0.1) is 6.20 Å². The van der Waals surface area contributed by atoms with Crippen LogP contribution in [0, 0.1) is 0 Å². The summed E-state index contributed by atoms with van der Waals surface area (Å²) >= 11 is 0. The molecule has 0 atom stereocenters. The van der Waals surface area contributed by atoms with Gasteiger partial charge >= 0.3 is 6.01 Å². The summed E-state index contributed by atoms with van der Waals surface area (Å²) in [5.74, 6) is -0.0950. The summed E-state index contributed by atoms with van der Waals surface area (Å²) in [6.45, 7) is 1.45. The van der Waals surface area contributed by atoms with E-state index in [0.717, 1.165) is 0 Å². The van der Waals surface area contributed by atoms with Gasteiger partial charge in [-0.05, 0) is 0 Å². The molecule has 0 saturated heterocycles. The molecule has 4 nitrogen and oxygen atoms in total. The van der Waals surface area contributed by atoms with Crippen LogP contribution in [0.3, 0.4) is 0 Å². The lowest BCUT2D eigenvalue weighted by atomic mass is 10.6. The minimum absolute atomic E-state index is 0.0950. The molecule has 0 aromatic carbocycles. The van der Waals surface area contributed by atoms with Crippen LogP contribution in [0.15, 0.2) is 16.9 Å². The average molecular weight is 140 g/mol. The van der Waals surface area contributed by atoms with Gasteiger partial charge in [-0.1, -0.05) is 0 Å². The fourth-order valence-corrected chi connectivity index (χ4v) is 0.516. The van der Waals surface area contributed by atoms with Crippen LogP contribution in [0.25, 0.3) is 0 Å². The number of aromatic nitrogens is 1. The van der Waals surface area contributed by atoms with E-state index >= 15 is 0 Å². The first-order valence-corrected chi connectivity index (χ1v) is 2.85. The Labute approximate surface area is 58.5 Å². The molecule has 0 aliphatic carbocycles. The van der Waals surface area contributed by atoms with Gasteiger partial charge in [0.25, 0.3) is 0 Å². The Hall–Kier alpha value is -1.32. The Morgan fingerprint density at radius 2 is 2.50 bits per heavy atom. The molecule has 0 unspecified atom stereocenters. The molecule has 1 heterocycles. The van der Waals surface area contributed by atoms with Crippen LogP contribution in [-0.2, 0) is 4.79 Å². The van der Waals surface area contributed by atoms with Gasteiger partial charge in [-0.2, -0.15) is 0 Å². The van der Waals surface area contributed by atoms with E-state index in [9.17, 15) is 4.79 Å². The van der Waals surface area contributed by atoms with E-state index in [0.29, 0.717) is 6.01 Å². The van der Waals surface area contributed by atoms with Gasteiger partial charge in [-0.15, -0.1) is 0 Å². The zero-order valence-corrected chi connectivity index (χ0v) is 5.87. The molecule has 4 heteroatoms. The number of amides is 1. The zero-order valence-electron chi connectivity index (χ0n) is 5.87. The Balaban J connectivity index is 2.77. The van der Waals surface area contributed by atoms with Crippen LogP contribution in [0.5, 0.6) is 0 Å². The summed E-state index contributed by atoms with van der Waals surface area (Å²) in [6.07, 6.45) is 2.92. The van der Waals surface area contributed by atoms with Gasteiger partial charge in [-0.25, -0.2) is 4.98 Å². The monoisotopic (exact) mass is 140 g/mol. The summed E-state index contributed by atoms with van der Waals surface area (Å²) in [5, 5.41) is 0. The summed E-state index contributed by atoms with van der Waals surface area (Å²) < 4.78 is 4.85. The van der Waals surface area contributed by atoms with Gasteiger partial charge < -0.3 is 4.42 Å². The molecule has 0 aliphatic rings. The summed E-state index contributed by atoms with van der Waals surface area (Å²) in [4.78, 5) is 15.8. The second kappa shape index (κ2) is 2.51. The van der Waals surface area contributed by atoms with E-state index in [2.05, 4.69) is 4.98 Å². The predicted octanol–water partition coefficient (Wildman–Crippen LogP) is 0.657. The number of carbonyl (C=O) groups excluding carboxylic acids is 1. The van der Waals surface area contributed by atoms with Crippen molar-refractivity contribution < 1.29 is 9.21 Å². The van der Waals surface area contributed by atoms with Crippen LogP contribution in [-0.4, -0.2) is 17.9 Å². The standard InChI is InChI=1S/C6H8N2O2/c1-5(9)8(2)6-7-3-4-10-6/h3-4H,1-2H3. The summed E-state index contributed by atoms with van der Waals surface area (Å²) in [7, 11) is 1.61. The highest BCUT2D eigenvalue weighted by molar-refractivity contribution is 5.88. The first-order chi connectivity index (χ1) is 4.72. The molecule has 54 valence electrons. The highest BCUT2D eigenvalue weighted by Gasteiger charge is 2.07. The largest absolute Gasteiger partial charge is 0.432 e. The summed E-state index contributed by atoms with van der Waals surface area (Å²) in [5.41, 5.74) is 0. The average Bonchev–Trinajstić information content (AvgIpc) is 2.36. The Morgan fingerprint density at radius 1 is 1.80 bits per heavy atom. The lowest BCUT2D eigenvalue weighted by Gasteiger charge is -2.07. The van der Waals surface area contributed by atoms with E-state index in [1.165, 1.54) is 24.3 Å². The van der Waals surface area contributed by atoms with Crippen molar-refractivity contribution in [3.8, 4) is 0 Å². The van der Waals surface area contributed by atoms with E-state index in [-0.39, 0.29) is 5.91 Å². The normalized spacial score (nSPS) is 9.40. The molecule has 0 spiro atoms. The second-order valence-corrected chi connectivity index (χ2v) is 1.89. The smallest absolute Gasteiger partial charge is 0.303 e. The van der Waals surface area contributed by atoms with Gasteiger partial charge in [0.1, 0.15) is 6.26 Å². The van der Waals surface area contributed by atoms with E-state index in [4.69, 9.17) is 4.42 Å². The number of rotatable bonds is 1. The SMILES string of the molecule is CC(=O)N(C)c1ncco1. The van der Waals surface area contributed by atoms with Crippen molar-refractivity contribution in [3.05, 3.63) is 12.5 Å². The molecule has 1 aromatic heterocycles. The lowest BCUT2D eigenvalue weighted by molar-refractivity contribution is -0.116. The molecule has 0 radical (unpaired) electrons. The van der Waals surface area contributed by atoms with E-state index < -0.39 is 0 Å². The van der Waals surface area contributed by atoms with Gasteiger partial charge in [0, 0.05) is 14.0 Å². The van der Waals surface area contributed by atoms with Crippen molar-refractivity contribution in [2.24, 2.45) is 0 Å². The third-order valence-corrected chi connectivity index (χ3v) is 1.18. The molecule has 0 bridgehead atoms. The molecule has 0 aliphatic heterocycles. The zero-order chi connectivity index (χ0) is 7.56. The van der Waals surface area contributed by atoms with Crippen LogP contribution in [0.2, 0.25) is 0 Å². The first-order valence-electron chi connectivity index (χ1n) is 2.85. The van der Waals surface area contributed by atoms with Crippen molar-refractivity contribution in [3.63, 3.8) is 0 Å².